The van der Waals surface area contributed by atoms with Gasteiger partial charge in [-0.05, 0) is 24.8 Å². The van der Waals surface area contributed by atoms with Crippen LogP contribution in [-0.2, 0) is 6.54 Å². The fourth-order valence-corrected chi connectivity index (χ4v) is 3.25. The molecule has 0 aromatic carbocycles. The largest absolute Gasteiger partial charge is 0.356 e. The summed E-state index contributed by atoms with van der Waals surface area (Å²) in [6.45, 7) is 8.40. The van der Waals surface area contributed by atoms with E-state index in [1.165, 1.54) is 4.88 Å². The van der Waals surface area contributed by atoms with Crippen molar-refractivity contribution >= 4 is 41.3 Å². The predicted molar refractivity (Wildman–Crippen MR) is 107 cm³/mol. The molecule has 1 fully saturated rings. The molecule has 0 saturated carbocycles. The van der Waals surface area contributed by atoms with Crippen molar-refractivity contribution in [1.82, 2.24) is 15.1 Å². The van der Waals surface area contributed by atoms with E-state index in [0.717, 1.165) is 51.6 Å². The van der Waals surface area contributed by atoms with Crippen LogP contribution < -0.4 is 5.32 Å². The van der Waals surface area contributed by atoms with E-state index in [-0.39, 0.29) is 24.0 Å². The fourth-order valence-electron chi connectivity index (χ4n) is 2.51. The monoisotopic (exact) mass is 434 g/mol. The Bertz CT molecular complexity index is 451. The Morgan fingerprint density at radius 1 is 1.36 bits per heavy atom. The molecule has 1 aromatic rings. The van der Waals surface area contributed by atoms with Crippen molar-refractivity contribution in [2.45, 2.75) is 19.9 Å². The van der Waals surface area contributed by atoms with Gasteiger partial charge >= 0.3 is 0 Å². The van der Waals surface area contributed by atoms with Crippen molar-refractivity contribution < 1.29 is 0 Å². The van der Waals surface area contributed by atoms with Crippen LogP contribution in [0, 0.1) is 0 Å². The molecular weight excluding hydrogens is 407 g/mol. The molecule has 1 aliphatic heterocycles. The first kappa shape index (κ1) is 19.4. The second kappa shape index (κ2) is 11.0. The summed E-state index contributed by atoms with van der Waals surface area (Å²) in [5.41, 5.74) is 0. The van der Waals surface area contributed by atoms with E-state index in [4.69, 9.17) is 0 Å². The molecule has 1 aliphatic rings. The van der Waals surface area contributed by atoms with Crippen LogP contribution in [0.3, 0.4) is 0 Å². The van der Waals surface area contributed by atoms with Crippen LogP contribution >= 0.6 is 35.3 Å². The number of piperazine rings is 1. The van der Waals surface area contributed by atoms with Crippen LogP contribution in [0.15, 0.2) is 34.7 Å². The molecule has 0 aliphatic carbocycles. The number of hydrogen-bond donors (Lipinski definition) is 1. The lowest BCUT2D eigenvalue weighted by molar-refractivity contribution is 0.174. The van der Waals surface area contributed by atoms with Gasteiger partial charge in [0.05, 0.1) is 0 Å². The number of guanidine groups is 1. The highest BCUT2D eigenvalue weighted by atomic mass is 127. The Kier molecular flexibility index (Phi) is 9.74. The van der Waals surface area contributed by atoms with Gasteiger partial charge in [-0.25, -0.2) is 0 Å². The number of halogens is 1. The first-order valence-electron chi connectivity index (χ1n) is 7.65. The van der Waals surface area contributed by atoms with E-state index in [0.29, 0.717) is 0 Å². The van der Waals surface area contributed by atoms with Gasteiger partial charge in [0.2, 0.25) is 0 Å². The average Bonchev–Trinajstić information content (AvgIpc) is 3.02. The van der Waals surface area contributed by atoms with E-state index < -0.39 is 0 Å². The molecule has 0 radical (unpaired) electrons. The summed E-state index contributed by atoms with van der Waals surface area (Å²) in [4.78, 5) is 10.7. The molecule has 4 nitrogen and oxygen atoms in total. The molecule has 1 saturated heterocycles. The number of thiophene rings is 1. The van der Waals surface area contributed by atoms with Crippen molar-refractivity contribution in [2.75, 3.05) is 39.8 Å². The molecular formula is C16H27IN4S. The molecule has 124 valence electrons. The van der Waals surface area contributed by atoms with Gasteiger partial charge in [-0.2, -0.15) is 0 Å². The summed E-state index contributed by atoms with van der Waals surface area (Å²) >= 11 is 1.85. The molecule has 0 spiro atoms. The van der Waals surface area contributed by atoms with Crippen LogP contribution in [0.1, 0.15) is 18.2 Å². The molecule has 1 aromatic heterocycles. The Morgan fingerprint density at radius 2 is 2.14 bits per heavy atom. The van der Waals surface area contributed by atoms with E-state index in [1.807, 2.05) is 18.4 Å². The van der Waals surface area contributed by atoms with E-state index >= 15 is 0 Å². The normalized spacial score (nSPS) is 16.8. The second-order valence-corrected chi connectivity index (χ2v) is 6.21. The summed E-state index contributed by atoms with van der Waals surface area (Å²) in [6, 6.07) is 4.35. The number of nitrogens with one attached hydrogen (secondary N) is 1. The molecule has 2 heterocycles. The lowest BCUT2D eigenvalue weighted by Gasteiger charge is -2.36. The zero-order valence-electron chi connectivity index (χ0n) is 13.5. The van der Waals surface area contributed by atoms with Gasteiger partial charge in [0, 0.05) is 51.2 Å². The van der Waals surface area contributed by atoms with Gasteiger partial charge < -0.3 is 10.2 Å². The molecule has 0 bridgehead atoms. The Morgan fingerprint density at radius 3 is 2.73 bits per heavy atom. The molecule has 6 heteroatoms. The average molecular weight is 434 g/mol. The van der Waals surface area contributed by atoms with Crippen molar-refractivity contribution in [3.05, 3.63) is 34.5 Å². The van der Waals surface area contributed by atoms with Gasteiger partial charge in [0.1, 0.15) is 0 Å². The second-order valence-electron chi connectivity index (χ2n) is 5.17. The summed E-state index contributed by atoms with van der Waals surface area (Å²) in [7, 11) is 1.87. The van der Waals surface area contributed by atoms with Gasteiger partial charge in [-0.3, -0.25) is 9.89 Å². The minimum Gasteiger partial charge on any atom is -0.356 e. The standard InChI is InChI=1S/C16H26N4S.HI/c1-3-4-5-8-18-16(17-2)20-11-9-19(10-12-20)14-15-7-6-13-21-15;/h3-4,6-7,13H,5,8-12,14H2,1-2H3,(H,17,18);1H. The summed E-state index contributed by atoms with van der Waals surface area (Å²) in [5, 5.41) is 5.60. The Labute approximate surface area is 155 Å². The van der Waals surface area contributed by atoms with Gasteiger partial charge in [-0.1, -0.05) is 18.2 Å². The van der Waals surface area contributed by atoms with Gasteiger partial charge in [0.15, 0.2) is 5.96 Å². The molecule has 1 N–H and O–H groups in total. The quantitative estimate of drug-likeness (QED) is 0.254. The summed E-state index contributed by atoms with van der Waals surface area (Å²) in [6.07, 6.45) is 5.32. The number of aliphatic imine (C=N–C) groups is 1. The van der Waals surface area contributed by atoms with E-state index in [9.17, 15) is 0 Å². The third-order valence-corrected chi connectivity index (χ3v) is 4.53. The van der Waals surface area contributed by atoms with Crippen LogP contribution in [0.5, 0.6) is 0 Å². The minimum atomic E-state index is 0. The van der Waals surface area contributed by atoms with Crippen LogP contribution in [0.2, 0.25) is 0 Å². The maximum Gasteiger partial charge on any atom is 0.193 e. The maximum absolute atomic E-state index is 4.40. The number of allylic oxidation sites excluding steroid dienone is 1. The predicted octanol–water partition coefficient (Wildman–Crippen LogP) is 3.03. The minimum absolute atomic E-state index is 0. The SMILES string of the molecule is CC=CCCNC(=NC)N1CCN(Cc2cccs2)CC1.I. The number of rotatable bonds is 5. The maximum atomic E-state index is 4.40. The number of nitrogens with zero attached hydrogens (tertiary/aromatic N) is 3. The molecule has 0 amide bonds. The fraction of sp³-hybridized carbons (Fsp3) is 0.562. The Hall–Kier alpha value is -0.600. The van der Waals surface area contributed by atoms with Crippen LogP contribution in [0.25, 0.3) is 0 Å². The zero-order chi connectivity index (χ0) is 14.9. The smallest absolute Gasteiger partial charge is 0.193 e. The van der Waals surface area contributed by atoms with Crippen molar-refractivity contribution in [3.8, 4) is 0 Å². The Balaban J connectivity index is 0.00000242. The third-order valence-electron chi connectivity index (χ3n) is 3.67. The van der Waals surface area contributed by atoms with Crippen LogP contribution in [0.4, 0.5) is 0 Å². The van der Waals surface area contributed by atoms with Crippen molar-refractivity contribution in [3.63, 3.8) is 0 Å². The molecule has 0 unspecified atom stereocenters. The molecule has 2 rings (SSSR count). The van der Waals surface area contributed by atoms with Crippen molar-refractivity contribution in [2.24, 2.45) is 4.99 Å². The third kappa shape index (κ3) is 6.26. The zero-order valence-corrected chi connectivity index (χ0v) is 16.6. The first-order chi connectivity index (χ1) is 10.3. The highest BCUT2D eigenvalue weighted by Gasteiger charge is 2.19. The topological polar surface area (TPSA) is 30.9 Å². The van der Waals surface area contributed by atoms with E-state index in [2.05, 4.69) is 56.7 Å². The van der Waals surface area contributed by atoms with Crippen molar-refractivity contribution in [1.29, 1.82) is 0 Å². The molecule has 0 atom stereocenters. The lowest BCUT2D eigenvalue weighted by atomic mass is 10.3. The number of hydrogen-bond acceptors (Lipinski definition) is 3. The highest BCUT2D eigenvalue weighted by molar-refractivity contribution is 14.0. The molecule has 22 heavy (non-hydrogen) atoms. The van der Waals surface area contributed by atoms with E-state index in [1.54, 1.807) is 0 Å². The van der Waals surface area contributed by atoms with Crippen LogP contribution in [-0.4, -0.2) is 55.5 Å². The van der Waals surface area contributed by atoms with Gasteiger partial charge in [0.25, 0.3) is 0 Å². The lowest BCUT2D eigenvalue weighted by Crippen LogP contribution is -2.52. The summed E-state index contributed by atoms with van der Waals surface area (Å²) in [5.74, 6) is 1.04. The first-order valence-corrected chi connectivity index (χ1v) is 8.53. The summed E-state index contributed by atoms with van der Waals surface area (Å²) < 4.78 is 0. The van der Waals surface area contributed by atoms with Gasteiger partial charge in [-0.15, -0.1) is 35.3 Å². The highest BCUT2D eigenvalue weighted by Crippen LogP contribution is 2.13.